The zero-order valence-corrected chi connectivity index (χ0v) is 27.2. The largest absolute Gasteiger partial charge is 0.463 e. The Morgan fingerprint density at radius 1 is 0.500 bits per heavy atom. The van der Waals surface area contributed by atoms with Crippen LogP contribution in [-0.4, -0.2) is 36.4 Å². The first-order chi connectivity index (χ1) is 20.6. The van der Waals surface area contributed by atoms with Crippen molar-refractivity contribution in [2.45, 2.75) is 161 Å². The Labute approximate surface area is 258 Å². The van der Waals surface area contributed by atoms with E-state index in [0.29, 0.717) is 19.3 Å². The third kappa shape index (κ3) is 32.4. The van der Waals surface area contributed by atoms with Crippen molar-refractivity contribution in [2.24, 2.45) is 0 Å². The molecule has 0 fully saturated rings. The second-order valence-electron chi connectivity index (χ2n) is 11.3. The Morgan fingerprint density at radius 3 is 1.26 bits per heavy atom. The van der Waals surface area contributed by atoms with Gasteiger partial charge in [0.2, 0.25) is 0 Å². The lowest BCUT2D eigenvalue weighted by Gasteiger charge is -2.11. The fraction of sp³-hybridized carbons (Fsp3) is 0.730. The van der Waals surface area contributed by atoms with Crippen molar-refractivity contribution >= 4 is 11.9 Å². The average molecular weight is 589 g/mol. The predicted molar refractivity (Wildman–Crippen MR) is 177 cm³/mol. The van der Waals surface area contributed by atoms with Gasteiger partial charge in [-0.1, -0.05) is 127 Å². The minimum Gasteiger partial charge on any atom is -0.463 e. The number of hydrogen-bond donors (Lipinski definition) is 1. The first kappa shape index (κ1) is 39.9. The first-order valence-corrected chi connectivity index (χ1v) is 17.2. The number of aliphatic hydroxyl groups is 1. The van der Waals surface area contributed by atoms with Crippen molar-refractivity contribution < 1.29 is 24.2 Å². The Hall–Kier alpha value is -2.14. The summed E-state index contributed by atoms with van der Waals surface area (Å²) in [6, 6.07) is 0. The fourth-order valence-corrected chi connectivity index (χ4v) is 4.40. The van der Waals surface area contributed by atoms with E-state index < -0.39 is 6.10 Å². The van der Waals surface area contributed by atoms with Crippen LogP contribution in [-0.2, 0) is 19.1 Å². The van der Waals surface area contributed by atoms with Crippen LogP contribution < -0.4 is 0 Å². The summed E-state index contributed by atoms with van der Waals surface area (Å²) in [6.45, 7) is 4.19. The predicted octanol–water partition coefficient (Wildman–Crippen LogP) is 10.3. The maximum atomic E-state index is 11.9. The van der Waals surface area contributed by atoms with Gasteiger partial charge in [0.1, 0.15) is 19.3 Å². The van der Waals surface area contributed by atoms with E-state index in [1.54, 1.807) is 0 Å². The van der Waals surface area contributed by atoms with Crippen LogP contribution in [0.1, 0.15) is 155 Å². The highest BCUT2D eigenvalue weighted by Gasteiger charge is 2.11. The number of carbonyl (C=O) groups excluding carboxylic acids is 2. The highest BCUT2D eigenvalue weighted by molar-refractivity contribution is 5.69. The lowest BCUT2D eigenvalue weighted by atomic mass is 10.1. The van der Waals surface area contributed by atoms with Crippen LogP contribution in [0.25, 0.3) is 0 Å². The van der Waals surface area contributed by atoms with E-state index in [9.17, 15) is 14.7 Å². The number of ether oxygens (including phenoxy) is 2. The van der Waals surface area contributed by atoms with Crippen molar-refractivity contribution in [3.05, 3.63) is 48.6 Å². The van der Waals surface area contributed by atoms with Crippen molar-refractivity contribution in [3.8, 4) is 0 Å². The molecule has 0 aromatic carbocycles. The molecule has 0 saturated carbocycles. The topological polar surface area (TPSA) is 72.8 Å². The molecule has 0 aromatic rings. The second-order valence-corrected chi connectivity index (χ2v) is 11.3. The molecular formula is C37H64O5. The molecule has 0 saturated heterocycles. The zero-order chi connectivity index (χ0) is 30.8. The van der Waals surface area contributed by atoms with Gasteiger partial charge in [-0.05, 0) is 64.2 Å². The monoisotopic (exact) mass is 588 g/mol. The number of esters is 2. The third-order valence-electron chi connectivity index (χ3n) is 7.04. The van der Waals surface area contributed by atoms with Gasteiger partial charge in [-0.25, -0.2) is 0 Å². The van der Waals surface area contributed by atoms with E-state index in [0.717, 1.165) is 38.5 Å². The summed E-state index contributed by atoms with van der Waals surface area (Å²) in [5, 5.41) is 9.94. The van der Waals surface area contributed by atoms with E-state index in [4.69, 9.17) is 9.47 Å². The molecule has 0 bridgehead atoms. The SMILES string of the molecule is CCCCCCCC/C=C\C/C=C\C/C=C\CCCC(=O)OC[C@H](O)COC(=O)CCC/C=C\CCCCCCCC. The van der Waals surface area contributed by atoms with Crippen LogP contribution in [0.4, 0.5) is 0 Å². The number of unbranched alkanes of at least 4 members (excludes halogenated alkanes) is 14. The van der Waals surface area contributed by atoms with Gasteiger partial charge in [-0.3, -0.25) is 9.59 Å². The molecule has 5 heteroatoms. The smallest absolute Gasteiger partial charge is 0.305 e. The summed E-state index contributed by atoms with van der Waals surface area (Å²) in [4.78, 5) is 23.7. The van der Waals surface area contributed by atoms with Gasteiger partial charge in [0, 0.05) is 12.8 Å². The molecule has 0 radical (unpaired) electrons. The van der Waals surface area contributed by atoms with Gasteiger partial charge in [-0.15, -0.1) is 0 Å². The van der Waals surface area contributed by atoms with Crippen molar-refractivity contribution in [2.75, 3.05) is 13.2 Å². The van der Waals surface area contributed by atoms with Crippen molar-refractivity contribution in [3.63, 3.8) is 0 Å². The number of allylic oxidation sites excluding steroid dienone is 8. The van der Waals surface area contributed by atoms with Crippen LogP contribution in [0.3, 0.4) is 0 Å². The summed E-state index contributed by atoms with van der Waals surface area (Å²) in [5.74, 6) is -0.666. The van der Waals surface area contributed by atoms with Crippen molar-refractivity contribution in [1.82, 2.24) is 0 Å². The third-order valence-corrected chi connectivity index (χ3v) is 7.04. The number of rotatable bonds is 30. The second kappa shape index (κ2) is 33.4. The van der Waals surface area contributed by atoms with Crippen LogP contribution in [0.5, 0.6) is 0 Å². The van der Waals surface area contributed by atoms with Gasteiger partial charge in [0.25, 0.3) is 0 Å². The zero-order valence-electron chi connectivity index (χ0n) is 27.2. The lowest BCUT2D eigenvalue weighted by Crippen LogP contribution is -2.25. The average Bonchev–Trinajstić information content (AvgIpc) is 2.99. The molecule has 0 heterocycles. The lowest BCUT2D eigenvalue weighted by molar-refractivity contribution is -0.152. The minimum absolute atomic E-state index is 0.148. The van der Waals surface area contributed by atoms with E-state index in [1.807, 2.05) is 0 Å². The molecule has 0 unspecified atom stereocenters. The Morgan fingerprint density at radius 2 is 0.833 bits per heavy atom. The molecule has 0 spiro atoms. The molecule has 0 rings (SSSR count). The minimum atomic E-state index is -0.993. The first-order valence-electron chi connectivity index (χ1n) is 17.2. The molecular weight excluding hydrogens is 524 g/mol. The van der Waals surface area contributed by atoms with Gasteiger partial charge in [0.15, 0.2) is 0 Å². The summed E-state index contributed by atoms with van der Waals surface area (Å²) >= 11 is 0. The molecule has 1 N–H and O–H groups in total. The van der Waals surface area contributed by atoms with Crippen LogP contribution in [0.2, 0.25) is 0 Å². The summed E-state index contributed by atoms with van der Waals surface area (Å²) in [5.41, 5.74) is 0. The Balaban J connectivity index is 3.59. The Kier molecular flexibility index (Phi) is 31.7. The number of carbonyl (C=O) groups is 2. The fourth-order valence-electron chi connectivity index (χ4n) is 4.40. The number of aliphatic hydroxyl groups excluding tert-OH is 1. The molecule has 5 nitrogen and oxygen atoms in total. The highest BCUT2D eigenvalue weighted by atomic mass is 16.6. The highest BCUT2D eigenvalue weighted by Crippen LogP contribution is 2.09. The molecule has 1 atom stereocenters. The standard InChI is InChI=1S/C37H64O5/c1-3-5-7-9-11-13-15-16-17-18-19-20-22-24-26-28-30-32-37(40)42-34-35(38)33-41-36(39)31-29-27-25-23-21-14-12-10-8-6-4-2/h16-17,19-20,23-26,35,38H,3-15,18,21-22,27-34H2,1-2H3/b17-16-,20-19-,25-23-,26-24-/t35-/m1/s1. The molecule has 0 amide bonds. The molecule has 42 heavy (non-hydrogen) atoms. The van der Waals surface area contributed by atoms with Gasteiger partial charge in [-0.2, -0.15) is 0 Å². The summed E-state index contributed by atoms with van der Waals surface area (Å²) in [6.07, 6.45) is 40.3. The number of hydrogen-bond acceptors (Lipinski definition) is 5. The van der Waals surface area contributed by atoms with E-state index >= 15 is 0 Å². The molecule has 0 aliphatic rings. The maximum absolute atomic E-state index is 11.9. The van der Waals surface area contributed by atoms with Crippen molar-refractivity contribution in [1.29, 1.82) is 0 Å². The van der Waals surface area contributed by atoms with Crippen LogP contribution >= 0.6 is 0 Å². The van der Waals surface area contributed by atoms with Crippen LogP contribution in [0.15, 0.2) is 48.6 Å². The summed E-state index contributed by atoms with van der Waals surface area (Å²) in [7, 11) is 0. The van der Waals surface area contributed by atoms with Crippen LogP contribution in [0, 0.1) is 0 Å². The molecule has 0 aliphatic carbocycles. The molecule has 0 aliphatic heterocycles. The quantitative estimate of drug-likeness (QED) is 0.0513. The van der Waals surface area contributed by atoms with Gasteiger partial charge >= 0.3 is 11.9 Å². The van der Waals surface area contributed by atoms with Gasteiger partial charge in [0.05, 0.1) is 0 Å². The van der Waals surface area contributed by atoms with Gasteiger partial charge < -0.3 is 14.6 Å². The Bertz CT molecular complexity index is 722. The van der Waals surface area contributed by atoms with E-state index in [2.05, 4.69) is 62.5 Å². The van der Waals surface area contributed by atoms with E-state index in [1.165, 1.54) is 83.5 Å². The maximum Gasteiger partial charge on any atom is 0.305 e. The molecule has 242 valence electrons. The molecule has 0 aromatic heterocycles. The normalized spacial score (nSPS) is 12.7. The summed E-state index contributed by atoms with van der Waals surface area (Å²) < 4.78 is 10.2. The van der Waals surface area contributed by atoms with E-state index in [-0.39, 0.29) is 25.2 Å².